The summed E-state index contributed by atoms with van der Waals surface area (Å²) >= 11 is 6.84. The van der Waals surface area contributed by atoms with Crippen molar-refractivity contribution in [1.29, 1.82) is 0 Å². The van der Waals surface area contributed by atoms with Crippen LogP contribution < -0.4 is 15.4 Å². The van der Waals surface area contributed by atoms with Crippen molar-refractivity contribution >= 4 is 40.6 Å². The fraction of sp³-hybridized carbons (Fsp3) is 0.353. The summed E-state index contributed by atoms with van der Waals surface area (Å²) in [5.74, 6) is 1.55. The Morgan fingerprint density at radius 1 is 1.21 bits per heavy atom. The van der Waals surface area contributed by atoms with Crippen LogP contribution in [0, 0.1) is 6.92 Å². The number of anilines is 2. The molecule has 0 bridgehead atoms. The molecule has 2 aromatic rings. The third-order valence-electron chi connectivity index (χ3n) is 3.14. The van der Waals surface area contributed by atoms with Crippen LogP contribution in [-0.2, 0) is 0 Å². The number of thioether (sulfide) groups is 1. The fourth-order valence-corrected chi connectivity index (χ4v) is 2.59. The quantitative estimate of drug-likeness (QED) is 0.325. The molecule has 0 fully saturated rings. The Morgan fingerprint density at radius 2 is 1.96 bits per heavy atom. The SMILES string of the molecule is CCCCOc1ccc(NC(=S)Nc2cc(C)nc(SC)n2)cc1. The number of aromatic nitrogens is 2. The molecule has 0 spiro atoms. The normalized spacial score (nSPS) is 10.3. The first kappa shape index (κ1) is 18.5. The van der Waals surface area contributed by atoms with Crippen LogP contribution in [0.3, 0.4) is 0 Å². The number of aryl methyl sites for hydroxylation is 1. The van der Waals surface area contributed by atoms with E-state index in [2.05, 4.69) is 27.5 Å². The minimum absolute atomic E-state index is 0.486. The number of nitrogens with zero attached hydrogens (tertiary/aromatic N) is 2. The molecule has 0 atom stereocenters. The van der Waals surface area contributed by atoms with Crippen molar-refractivity contribution in [2.45, 2.75) is 31.8 Å². The highest BCUT2D eigenvalue weighted by Crippen LogP contribution is 2.17. The summed E-state index contributed by atoms with van der Waals surface area (Å²) in [6.07, 6.45) is 4.13. The van der Waals surface area contributed by atoms with E-state index in [-0.39, 0.29) is 0 Å². The minimum Gasteiger partial charge on any atom is -0.494 e. The smallest absolute Gasteiger partial charge is 0.189 e. The van der Waals surface area contributed by atoms with Crippen LogP contribution in [0.5, 0.6) is 5.75 Å². The zero-order chi connectivity index (χ0) is 17.4. The van der Waals surface area contributed by atoms with Gasteiger partial charge in [-0.05, 0) is 56.1 Å². The molecular weight excluding hydrogens is 340 g/mol. The Bertz CT molecular complexity index is 677. The van der Waals surface area contributed by atoms with Crippen molar-refractivity contribution in [3.8, 4) is 5.75 Å². The van der Waals surface area contributed by atoms with Crippen LogP contribution in [0.25, 0.3) is 0 Å². The van der Waals surface area contributed by atoms with Crippen LogP contribution in [0.2, 0.25) is 0 Å². The van der Waals surface area contributed by atoms with E-state index in [1.54, 1.807) is 0 Å². The van der Waals surface area contributed by atoms with Gasteiger partial charge in [0.1, 0.15) is 11.6 Å². The van der Waals surface area contributed by atoms with E-state index in [0.29, 0.717) is 16.1 Å². The van der Waals surface area contributed by atoms with E-state index in [1.165, 1.54) is 11.8 Å². The van der Waals surface area contributed by atoms with E-state index in [1.807, 2.05) is 43.5 Å². The average molecular weight is 363 g/mol. The van der Waals surface area contributed by atoms with Crippen molar-refractivity contribution in [3.05, 3.63) is 36.0 Å². The van der Waals surface area contributed by atoms with Crippen LogP contribution in [-0.4, -0.2) is 27.9 Å². The maximum Gasteiger partial charge on any atom is 0.189 e. The largest absolute Gasteiger partial charge is 0.494 e. The number of hydrogen-bond acceptors (Lipinski definition) is 5. The Morgan fingerprint density at radius 3 is 2.62 bits per heavy atom. The number of ether oxygens (including phenoxy) is 1. The third kappa shape index (κ3) is 5.98. The summed E-state index contributed by atoms with van der Waals surface area (Å²) in [4.78, 5) is 8.70. The Kier molecular flexibility index (Phi) is 7.27. The number of nitrogens with one attached hydrogen (secondary N) is 2. The van der Waals surface area contributed by atoms with Gasteiger partial charge in [0, 0.05) is 17.4 Å². The lowest BCUT2D eigenvalue weighted by Gasteiger charge is -2.12. The molecule has 0 unspecified atom stereocenters. The molecule has 0 radical (unpaired) electrons. The number of rotatable bonds is 7. The van der Waals surface area contributed by atoms with Gasteiger partial charge in [0.15, 0.2) is 10.3 Å². The van der Waals surface area contributed by atoms with Gasteiger partial charge in [-0.2, -0.15) is 0 Å². The summed E-state index contributed by atoms with van der Waals surface area (Å²) in [6, 6.07) is 9.60. The predicted molar refractivity (Wildman–Crippen MR) is 105 cm³/mol. The monoisotopic (exact) mass is 362 g/mol. The van der Waals surface area contributed by atoms with Crippen molar-refractivity contribution in [3.63, 3.8) is 0 Å². The molecule has 2 N–H and O–H groups in total. The van der Waals surface area contributed by atoms with Gasteiger partial charge in [0.25, 0.3) is 0 Å². The molecular formula is C17H22N4OS2. The predicted octanol–water partition coefficient (Wildman–Crippen LogP) is 4.49. The highest BCUT2D eigenvalue weighted by atomic mass is 32.2. The van der Waals surface area contributed by atoms with E-state index in [0.717, 1.165) is 36.6 Å². The highest BCUT2D eigenvalue weighted by Gasteiger charge is 2.04. The van der Waals surface area contributed by atoms with Crippen molar-refractivity contribution in [1.82, 2.24) is 9.97 Å². The maximum absolute atomic E-state index is 5.65. The Hall–Kier alpha value is -1.86. The van der Waals surface area contributed by atoms with Crippen molar-refractivity contribution < 1.29 is 4.74 Å². The molecule has 1 aromatic carbocycles. The Labute approximate surface area is 152 Å². The molecule has 24 heavy (non-hydrogen) atoms. The molecule has 5 nitrogen and oxygen atoms in total. The van der Waals surface area contributed by atoms with Gasteiger partial charge >= 0.3 is 0 Å². The molecule has 2 rings (SSSR count). The van der Waals surface area contributed by atoms with E-state index < -0.39 is 0 Å². The van der Waals surface area contributed by atoms with Crippen LogP contribution in [0.1, 0.15) is 25.5 Å². The summed E-state index contributed by atoms with van der Waals surface area (Å²) in [6.45, 7) is 4.82. The molecule has 128 valence electrons. The summed E-state index contributed by atoms with van der Waals surface area (Å²) in [7, 11) is 0. The zero-order valence-corrected chi connectivity index (χ0v) is 15.8. The first-order chi connectivity index (χ1) is 11.6. The maximum atomic E-state index is 5.65. The second kappa shape index (κ2) is 9.44. The molecule has 1 aromatic heterocycles. The van der Waals surface area contributed by atoms with Gasteiger partial charge in [0.05, 0.1) is 6.61 Å². The molecule has 0 saturated carbocycles. The van der Waals surface area contributed by atoms with E-state index >= 15 is 0 Å². The molecule has 0 saturated heterocycles. The summed E-state index contributed by atoms with van der Waals surface area (Å²) in [5.41, 5.74) is 1.79. The molecule has 0 aliphatic rings. The van der Waals surface area contributed by atoms with Gasteiger partial charge in [0.2, 0.25) is 0 Å². The van der Waals surface area contributed by atoms with Crippen LogP contribution in [0.15, 0.2) is 35.5 Å². The molecule has 1 heterocycles. The number of thiocarbonyl (C=S) groups is 1. The van der Waals surface area contributed by atoms with Gasteiger partial charge < -0.3 is 15.4 Å². The first-order valence-electron chi connectivity index (χ1n) is 7.81. The lowest BCUT2D eigenvalue weighted by molar-refractivity contribution is 0.309. The second-order valence-electron chi connectivity index (χ2n) is 5.19. The van der Waals surface area contributed by atoms with E-state index in [4.69, 9.17) is 17.0 Å². The van der Waals surface area contributed by atoms with E-state index in [9.17, 15) is 0 Å². The minimum atomic E-state index is 0.486. The zero-order valence-electron chi connectivity index (χ0n) is 14.1. The molecule has 0 aliphatic carbocycles. The first-order valence-corrected chi connectivity index (χ1v) is 9.44. The highest BCUT2D eigenvalue weighted by molar-refractivity contribution is 7.98. The number of unbranched alkanes of at least 4 members (excludes halogenated alkanes) is 1. The van der Waals surface area contributed by atoms with Gasteiger partial charge in [-0.1, -0.05) is 25.1 Å². The van der Waals surface area contributed by atoms with Crippen molar-refractivity contribution in [2.24, 2.45) is 0 Å². The van der Waals surface area contributed by atoms with Crippen LogP contribution in [0.4, 0.5) is 11.5 Å². The third-order valence-corrected chi connectivity index (χ3v) is 3.89. The summed E-state index contributed by atoms with van der Waals surface area (Å²) < 4.78 is 5.65. The van der Waals surface area contributed by atoms with Crippen LogP contribution >= 0.6 is 24.0 Å². The van der Waals surface area contributed by atoms with Gasteiger partial charge in [-0.25, -0.2) is 9.97 Å². The Balaban J connectivity index is 1.91. The lowest BCUT2D eigenvalue weighted by atomic mass is 10.3. The van der Waals surface area contributed by atoms with Gasteiger partial charge in [-0.3, -0.25) is 0 Å². The number of hydrogen-bond donors (Lipinski definition) is 2. The number of benzene rings is 1. The second-order valence-corrected chi connectivity index (χ2v) is 6.37. The molecule has 0 amide bonds. The standard InChI is InChI=1S/C17H22N4OS2/c1-4-5-10-22-14-8-6-13(7-9-14)19-16(23)20-15-11-12(2)18-17(21-15)24-3/h6-9,11H,4-5,10H2,1-3H3,(H2,18,19,20,21,23). The fourth-order valence-electron chi connectivity index (χ4n) is 1.94. The van der Waals surface area contributed by atoms with Gasteiger partial charge in [-0.15, -0.1) is 0 Å². The topological polar surface area (TPSA) is 59.1 Å². The summed E-state index contributed by atoms with van der Waals surface area (Å²) in [5, 5.41) is 7.43. The molecule has 0 aliphatic heterocycles. The lowest BCUT2D eigenvalue weighted by Crippen LogP contribution is -2.20. The van der Waals surface area contributed by atoms with Crippen molar-refractivity contribution in [2.75, 3.05) is 23.5 Å². The average Bonchev–Trinajstić information content (AvgIpc) is 2.56. The molecule has 7 heteroatoms.